The van der Waals surface area contributed by atoms with Gasteiger partial charge in [-0.2, -0.15) is 5.10 Å². The average Bonchev–Trinajstić information content (AvgIpc) is 2.81. The molecule has 0 heterocycles. The van der Waals surface area contributed by atoms with Crippen LogP contribution < -0.4 is 20.2 Å². The molecule has 2 N–H and O–H groups in total. The third kappa shape index (κ3) is 7.98. The zero-order chi connectivity index (χ0) is 26.1. The Morgan fingerprint density at radius 1 is 1.06 bits per heavy atom. The number of rotatable bonds is 10. The predicted octanol–water partition coefficient (Wildman–Crippen LogP) is 6.52. The van der Waals surface area contributed by atoms with Crippen molar-refractivity contribution >= 4 is 62.8 Å². The highest BCUT2D eigenvalue weighted by Gasteiger charge is 2.14. The maximum Gasteiger partial charge on any atom is 0.249 e. The van der Waals surface area contributed by atoms with Gasteiger partial charge in [0, 0.05) is 21.3 Å². The first-order valence-electron chi connectivity index (χ1n) is 11.0. The zero-order valence-corrected chi connectivity index (χ0v) is 22.7. The molecule has 0 aliphatic rings. The minimum Gasteiger partial charge on any atom is -0.490 e. The number of aryl methyl sites for hydroxylation is 1. The van der Waals surface area contributed by atoms with Gasteiger partial charge in [-0.25, -0.2) is 5.43 Å². The molecule has 3 rings (SSSR count). The normalized spacial score (nSPS) is 10.8. The second-order valence-electron chi connectivity index (χ2n) is 7.62. The first kappa shape index (κ1) is 27.5. The maximum atomic E-state index is 12.1. The number of carbonyl (C=O) groups excluding carboxylic acids is 2. The third-order valence-corrected chi connectivity index (χ3v) is 6.04. The highest BCUT2D eigenvalue weighted by molar-refractivity contribution is 9.10. The summed E-state index contributed by atoms with van der Waals surface area (Å²) in [5.41, 5.74) is 5.35. The summed E-state index contributed by atoms with van der Waals surface area (Å²) in [5.74, 6) is 0.0150. The van der Waals surface area contributed by atoms with E-state index < -0.39 is 11.8 Å². The van der Waals surface area contributed by atoms with E-state index in [1.54, 1.807) is 36.4 Å². The van der Waals surface area contributed by atoms with Crippen molar-refractivity contribution in [3.8, 4) is 11.5 Å². The number of nitrogens with zero attached hydrogens (tertiary/aromatic N) is 1. The van der Waals surface area contributed by atoms with E-state index >= 15 is 0 Å². The molecule has 10 heteroatoms. The molecule has 3 aromatic carbocycles. The highest BCUT2D eigenvalue weighted by atomic mass is 79.9. The van der Waals surface area contributed by atoms with E-state index in [0.29, 0.717) is 43.9 Å². The van der Waals surface area contributed by atoms with Crippen molar-refractivity contribution in [3.63, 3.8) is 0 Å². The van der Waals surface area contributed by atoms with Crippen LogP contribution in [0.25, 0.3) is 0 Å². The van der Waals surface area contributed by atoms with Gasteiger partial charge in [0.1, 0.15) is 13.0 Å². The van der Waals surface area contributed by atoms with Crippen LogP contribution in [0.15, 0.2) is 64.2 Å². The Bertz CT molecular complexity index is 1280. The smallest absolute Gasteiger partial charge is 0.249 e. The summed E-state index contributed by atoms with van der Waals surface area (Å²) in [4.78, 5) is 24.3. The molecule has 7 nitrogen and oxygen atoms in total. The van der Waals surface area contributed by atoms with Crippen LogP contribution in [0.5, 0.6) is 11.5 Å². The SMILES string of the molecule is CCOc1cc(C=NNC(=O)CC(=O)Nc2ccccc2C)cc(Br)c1OCc1ccc(Cl)cc1Cl. The van der Waals surface area contributed by atoms with Gasteiger partial charge in [-0.3, -0.25) is 9.59 Å². The van der Waals surface area contributed by atoms with Crippen molar-refractivity contribution in [2.75, 3.05) is 11.9 Å². The van der Waals surface area contributed by atoms with Crippen LogP contribution in [0, 0.1) is 6.92 Å². The van der Waals surface area contributed by atoms with E-state index in [9.17, 15) is 9.59 Å². The molecule has 3 aromatic rings. The maximum absolute atomic E-state index is 12.1. The lowest BCUT2D eigenvalue weighted by molar-refractivity contribution is -0.126. The molecule has 0 aliphatic heterocycles. The average molecular weight is 593 g/mol. The Morgan fingerprint density at radius 2 is 1.83 bits per heavy atom. The monoisotopic (exact) mass is 591 g/mol. The fourth-order valence-electron chi connectivity index (χ4n) is 3.13. The molecule has 0 saturated carbocycles. The summed E-state index contributed by atoms with van der Waals surface area (Å²) in [6.07, 6.45) is 1.09. The molecule has 36 heavy (non-hydrogen) atoms. The van der Waals surface area contributed by atoms with Gasteiger partial charge in [-0.05, 0) is 71.2 Å². The van der Waals surface area contributed by atoms with E-state index in [2.05, 4.69) is 31.8 Å². The van der Waals surface area contributed by atoms with E-state index in [0.717, 1.165) is 11.1 Å². The zero-order valence-electron chi connectivity index (χ0n) is 19.6. The number of nitrogens with one attached hydrogen (secondary N) is 2. The lowest BCUT2D eigenvalue weighted by Gasteiger charge is -2.15. The van der Waals surface area contributed by atoms with E-state index in [1.165, 1.54) is 6.21 Å². The highest BCUT2D eigenvalue weighted by Crippen LogP contribution is 2.37. The number of amides is 2. The minimum atomic E-state index is -0.541. The molecular weight excluding hydrogens is 569 g/mol. The molecule has 0 aromatic heterocycles. The summed E-state index contributed by atoms with van der Waals surface area (Å²) in [6, 6.07) is 16.0. The van der Waals surface area contributed by atoms with Gasteiger partial charge in [0.2, 0.25) is 11.8 Å². The molecule has 2 amide bonds. The standard InChI is InChI=1S/C26H24BrCl2N3O4/c1-3-35-23-11-17(10-20(27)26(23)36-15-18-8-9-19(28)12-21(18)29)14-30-32-25(34)13-24(33)31-22-7-5-4-6-16(22)2/h4-12,14H,3,13,15H2,1-2H3,(H,31,33)(H,32,34). The van der Waals surface area contributed by atoms with Gasteiger partial charge in [0.25, 0.3) is 0 Å². The van der Waals surface area contributed by atoms with Crippen molar-refractivity contribution in [1.82, 2.24) is 5.43 Å². The van der Waals surface area contributed by atoms with Gasteiger partial charge in [0.05, 0.1) is 17.3 Å². The lowest BCUT2D eigenvalue weighted by atomic mass is 10.2. The quantitative estimate of drug-likeness (QED) is 0.159. The van der Waals surface area contributed by atoms with Gasteiger partial charge < -0.3 is 14.8 Å². The van der Waals surface area contributed by atoms with Crippen molar-refractivity contribution < 1.29 is 19.1 Å². The Labute approximate surface area is 227 Å². The molecule has 0 bridgehead atoms. The topological polar surface area (TPSA) is 89.0 Å². The van der Waals surface area contributed by atoms with Crippen LogP contribution >= 0.6 is 39.1 Å². The molecule has 0 saturated heterocycles. The summed E-state index contributed by atoms with van der Waals surface area (Å²) in [5, 5.41) is 7.71. The van der Waals surface area contributed by atoms with Crippen LogP contribution in [0.3, 0.4) is 0 Å². The number of hydrogen-bond donors (Lipinski definition) is 2. The lowest BCUT2D eigenvalue weighted by Crippen LogP contribution is -2.24. The van der Waals surface area contributed by atoms with Gasteiger partial charge in [-0.15, -0.1) is 0 Å². The van der Waals surface area contributed by atoms with Crippen LogP contribution in [0.1, 0.15) is 30.0 Å². The van der Waals surface area contributed by atoms with Gasteiger partial charge in [-0.1, -0.05) is 47.5 Å². The second kappa shape index (κ2) is 13.3. The van der Waals surface area contributed by atoms with Crippen LogP contribution in [-0.2, 0) is 16.2 Å². The summed E-state index contributed by atoms with van der Waals surface area (Å²) in [7, 11) is 0. The molecule has 0 atom stereocenters. The molecular formula is C26H24BrCl2N3O4. The van der Waals surface area contributed by atoms with E-state index in [1.807, 2.05) is 32.0 Å². The van der Waals surface area contributed by atoms with E-state index in [-0.39, 0.29) is 13.0 Å². The molecule has 0 aliphatic carbocycles. The van der Waals surface area contributed by atoms with Crippen molar-refractivity contribution in [2.45, 2.75) is 26.9 Å². The second-order valence-corrected chi connectivity index (χ2v) is 9.32. The van der Waals surface area contributed by atoms with Crippen molar-refractivity contribution in [2.24, 2.45) is 5.10 Å². The number of benzene rings is 3. The fourth-order valence-corrected chi connectivity index (χ4v) is 4.16. The van der Waals surface area contributed by atoms with Gasteiger partial charge in [0.15, 0.2) is 11.5 Å². The molecule has 0 radical (unpaired) electrons. The number of hydrogen-bond acceptors (Lipinski definition) is 5. The number of para-hydroxylation sites is 1. The molecule has 188 valence electrons. The number of hydrazone groups is 1. The third-order valence-electron chi connectivity index (χ3n) is 4.86. The Balaban J connectivity index is 1.62. The fraction of sp³-hybridized carbons (Fsp3) is 0.192. The van der Waals surface area contributed by atoms with Crippen molar-refractivity contribution in [1.29, 1.82) is 0 Å². The van der Waals surface area contributed by atoms with E-state index in [4.69, 9.17) is 32.7 Å². The Hall–Kier alpha value is -3.07. The van der Waals surface area contributed by atoms with Crippen LogP contribution in [0.4, 0.5) is 5.69 Å². The number of halogens is 3. The minimum absolute atomic E-state index is 0.211. The molecule has 0 unspecified atom stereocenters. The molecule has 0 fully saturated rings. The molecule has 0 spiro atoms. The number of ether oxygens (including phenoxy) is 2. The Morgan fingerprint density at radius 3 is 2.56 bits per heavy atom. The Kier molecular flexibility index (Phi) is 10.2. The van der Waals surface area contributed by atoms with Gasteiger partial charge >= 0.3 is 0 Å². The summed E-state index contributed by atoms with van der Waals surface area (Å²) in [6.45, 7) is 4.36. The number of anilines is 1. The van der Waals surface area contributed by atoms with Crippen LogP contribution in [0.2, 0.25) is 10.0 Å². The number of carbonyl (C=O) groups is 2. The van der Waals surface area contributed by atoms with Crippen molar-refractivity contribution in [3.05, 3.63) is 85.8 Å². The summed E-state index contributed by atoms with van der Waals surface area (Å²) < 4.78 is 12.3. The van der Waals surface area contributed by atoms with Crippen LogP contribution in [-0.4, -0.2) is 24.6 Å². The predicted molar refractivity (Wildman–Crippen MR) is 146 cm³/mol. The first-order chi connectivity index (χ1) is 17.3. The first-order valence-corrected chi connectivity index (χ1v) is 12.5. The largest absolute Gasteiger partial charge is 0.490 e. The summed E-state index contributed by atoms with van der Waals surface area (Å²) >= 11 is 15.7.